The SMILES string of the molecule is COC(=O)N1CCN(Cc2ccc(C)o2)CC1. The average molecular weight is 238 g/mol. The number of piperazine rings is 1. The van der Waals surface area contributed by atoms with E-state index in [-0.39, 0.29) is 6.09 Å². The number of carbonyl (C=O) groups excluding carboxylic acids is 1. The topological polar surface area (TPSA) is 45.9 Å². The second kappa shape index (κ2) is 5.23. The number of ether oxygens (including phenoxy) is 1. The first-order valence-electron chi connectivity index (χ1n) is 5.79. The number of amides is 1. The van der Waals surface area contributed by atoms with Crippen molar-refractivity contribution in [2.75, 3.05) is 33.3 Å². The fraction of sp³-hybridized carbons (Fsp3) is 0.583. The molecule has 1 fully saturated rings. The van der Waals surface area contributed by atoms with Crippen LogP contribution in [0.5, 0.6) is 0 Å². The lowest BCUT2D eigenvalue weighted by Gasteiger charge is -2.33. The third-order valence-electron chi connectivity index (χ3n) is 2.98. The molecule has 1 amide bonds. The zero-order valence-electron chi connectivity index (χ0n) is 10.3. The molecular weight excluding hydrogens is 220 g/mol. The first kappa shape index (κ1) is 12.0. The van der Waals surface area contributed by atoms with Gasteiger partial charge in [-0.25, -0.2) is 4.79 Å². The van der Waals surface area contributed by atoms with Crippen molar-refractivity contribution in [3.8, 4) is 0 Å². The number of methoxy groups -OCH3 is 1. The monoisotopic (exact) mass is 238 g/mol. The highest BCUT2D eigenvalue weighted by atomic mass is 16.5. The van der Waals surface area contributed by atoms with Gasteiger partial charge in [0.15, 0.2) is 0 Å². The maximum atomic E-state index is 11.3. The van der Waals surface area contributed by atoms with E-state index in [0.717, 1.165) is 31.2 Å². The Bertz CT molecular complexity index is 381. The van der Waals surface area contributed by atoms with Crippen molar-refractivity contribution in [1.82, 2.24) is 9.80 Å². The van der Waals surface area contributed by atoms with E-state index in [0.29, 0.717) is 13.1 Å². The maximum absolute atomic E-state index is 11.3. The van der Waals surface area contributed by atoms with E-state index in [9.17, 15) is 4.79 Å². The van der Waals surface area contributed by atoms with Crippen molar-refractivity contribution in [1.29, 1.82) is 0 Å². The molecule has 5 nitrogen and oxygen atoms in total. The summed E-state index contributed by atoms with van der Waals surface area (Å²) in [5, 5.41) is 0. The van der Waals surface area contributed by atoms with Crippen LogP contribution in [0, 0.1) is 6.92 Å². The fourth-order valence-electron chi connectivity index (χ4n) is 2.01. The number of nitrogens with zero attached hydrogens (tertiary/aromatic N) is 2. The summed E-state index contributed by atoms with van der Waals surface area (Å²) in [5.74, 6) is 1.92. The van der Waals surface area contributed by atoms with Gasteiger partial charge in [-0.2, -0.15) is 0 Å². The van der Waals surface area contributed by atoms with E-state index < -0.39 is 0 Å². The molecule has 94 valence electrons. The van der Waals surface area contributed by atoms with Crippen molar-refractivity contribution >= 4 is 6.09 Å². The van der Waals surface area contributed by atoms with Crippen LogP contribution in [0.2, 0.25) is 0 Å². The molecule has 0 aliphatic carbocycles. The molecular formula is C12H18N2O3. The van der Waals surface area contributed by atoms with Crippen LogP contribution in [0.25, 0.3) is 0 Å². The van der Waals surface area contributed by atoms with Crippen LogP contribution >= 0.6 is 0 Å². The minimum absolute atomic E-state index is 0.238. The van der Waals surface area contributed by atoms with Crippen LogP contribution in [0.4, 0.5) is 4.79 Å². The smallest absolute Gasteiger partial charge is 0.409 e. The average Bonchev–Trinajstić information content (AvgIpc) is 2.75. The van der Waals surface area contributed by atoms with Crippen molar-refractivity contribution in [2.24, 2.45) is 0 Å². The highest BCUT2D eigenvalue weighted by molar-refractivity contribution is 5.67. The van der Waals surface area contributed by atoms with Crippen molar-refractivity contribution < 1.29 is 13.9 Å². The lowest BCUT2D eigenvalue weighted by molar-refractivity contribution is 0.0865. The van der Waals surface area contributed by atoms with Crippen LogP contribution < -0.4 is 0 Å². The standard InChI is InChI=1S/C12H18N2O3/c1-10-3-4-11(17-10)9-13-5-7-14(8-6-13)12(15)16-2/h3-4H,5-9H2,1-2H3. The quantitative estimate of drug-likeness (QED) is 0.782. The lowest BCUT2D eigenvalue weighted by atomic mass is 10.3. The molecule has 1 aromatic heterocycles. The van der Waals surface area contributed by atoms with Gasteiger partial charge >= 0.3 is 6.09 Å². The Labute approximate surface area is 101 Å². The summed E-state index contributed by atoms with van der Waals surface area (Å²) in [6, 6.07) is 3.97. The molecule has 5 heteroatoms. The predicted octanol–water partition coefficient (Wildman–Crippen LogP) is 1.47. The van der Waals surface area contributed by atoms with Crippen molar-refractivity contribution in [3.05, 3.63) is 23.7 Å². The molecule has 0 bridgehead atoms. The second-order valence-corrected chi connectivity index (χ2v) is 4.25. The summed E-state index contributed by atoms with van der Waals surface area (Å²) in [4.78, 5) is 15.3. The van der Waals surface area contributed by atoms with Gasteiger partial charge in [-0.3, -0.25) is 4.90 Å². The zero-order valence-corrected chi connectivity index (χ0v) is 10.3. The highest BCUT2D eigenvalue weighted by Crippen LogP contribution is 2.11. The Morgan fingerprint density at radius 2 is 2.06 bits per heavy atom. The van der Waals surface area contributed by atoms with E-state index in [4.69, 9.17) is 9.15 Å². The highest BCUT2D eigenvalue weighted by Gasteiger charge is 2.21. The molecule has 2 rings (SSSR count). The molecule has 0 saturated carbocycles. The van der Waals surface area contributed by atoms with Gasteiger partial charge in [0.05, 0.1) is 13.7 Å². The van der Waals surface area contributed by atoms with Crippen molar-refractivity contribution in [2.45, 2.75) is 13.5 Å². The molecule has 17 heavy (non-hydrogen) atoms. The van der Waals surface area contributed by atoms with Gasteiger partial charge in [-0.15, -0.1) is 0 Å². The Morgan fingerprint density at radius 1 is 1.35 bits per heavy atom. The normalized spacial score (nSPS) is 17.2. The Kier molecular flexibility index (Phi) is 3.68. The van der Waals surface area contributed by atoms with E-state index in [1.807, 2.05) is 19.1 Å². The largest absolute Gasteiger partial charge is 0.465 e. The predicted molar refractivity (Wildman–Crippen MR) is 62.7 cm³/mol. The number of hydrogen-bond acceptors (Lipinski definition) is 4. The summed E-state index contributed by atoms with van der Waals surface area (Å²) < 4.78 is 10.2. The van der Waals surface area contributed by atoms with E-state index >= 15 is 0 Å². The number of rotatable bonds is 2. The van der Waals surface area contributed by atoms with Gasteiger partial charge in [-0.05, 0) is 19.1 Å². The van der Waals surface area contributed by atoms with Gasteiger partial charge < -0.3 is 14.1 Å². The van der Waals surface area contributed by atoms with Crippen LogP contribution in [0.15, 0.2) is 16.5 Å². The molecule has 0 aromatic carbocycles. The Morgan fingerprint density at radius 3 is 2.59 bits per heavy atom. The number of hydrogen-bond donors (Lipinski definition) is 0. The first-order valence-corrected chi connectivity index (χ1v) is 5.79. The van der Waals surface area contributed by atoms with Gasteiger partial charge in [-0.1, -0.05) is 0 Å². The summed E-state index contributed by atoms with van der Waals surface area (Å²) in [6.45, 7) is 5.89. The molecule has 0 N–H and O–H groups in total. The lowest BCUT2D eigenvalue weighted by Crippen LogP contribution is -2.48. The maximum Gasteiger partial charge on any atom is 0.409 e. The number of furan rings is 1. The summed E-state index contributed by atoms with van der Waals surface area (Å²) in [7, 11) is 1.42. The third-order valence-corrected chi connectivity index (χ3v) is 2.98. The molecule has 0 radical (unpaired) electrons. The molecule has 1 aliphatic rings. The molecule has 0 atom stereocenters. The van der Waals surface area contributed by atoms with Crippen LogP contribution in [0.3, 0.4) is 0 Å². The number of aryl methyl sites for hydroxylation is 1. The minimum atomic E-state index is -0.238. The van der Waals surface area contributed by atoms with Crippen LogP contribution in [-0.4, -0.2) is 49.2 Å². The van der Waals surface area contributed by atoms with E-state index in [2.05, 4.69) is 4.90 Å². The minimum Gasteiger partial charge on any atom is -0.465 e. The number of carbonyl (C=O) groups is 1. The Hall–Kier alpha value is -1.49. The molecule has 1 saturated heterocycles. The van der Waals surface area contributed by atoms with Gasteiger partial charge in [0.25, 0.3) is 0 Å². The van der Waals surface area contributed by atoms with Crippen LogP contribution in [-0.2, 0) is 11.3 Å². The molecule has 1 aromatic rings. The molecule has 0 spiro atoms. The van der Waals surface area contributed by atoms with Gasteiger partial charge in [0.2, 0.25) is 0 Å². The van der Waals surface area contributed by atoms with E-state index in [1.165, 1.54) is 7.11 Å². The zero-order chi connectivity index (χ0) is 12.3. The first-order chi connectivity index (χ1) is 8.19. The third kappa shape index (κ3) is 3.00. The second-order valence-electron chi connectivity index (χ2n) is 4.25. The Balaban J connectivity index is 1.81. The van der Waals surface area contributed by atoms with Crippen LogP contribution in [0.1, 0.15) is 11.5 Å². The summed E-state index contributed by atoms with van der Waals surface area (Å²) in [6.07, 6.45) is -0.238. The summed E-state index contributed by atoms with van der Waals surface area (Å²) in [5.41, 5.74) is 0. The van der Waals surface area contributed by atoms with Gasteiger partial charge in [0, 0.05) is 26.2 Å². The van der Waals surface area contributed by atoms with Gasteiger partial charge in [0.1, 0.15) is 11.5 Å². The molecule has 0 unspecified atom stereocenters. The molecule has 2 heterocycles. The summed E-state index contributed by atoms with van der Waals surface area (Å²) >= 11 is 0. The fourth-order valence-corrected chi connectivity index (χ4v) is 2.01. The van der Waals surface area contributed by atoms with Crippen molar-refractivity contribution in [3.63, 3.8) is 0 Å². The molecule has 1 aliphatic heterocycles. The van der Waals surface area contributed by atoms with E-state index in [1.54, 1.807) is 4.90 Å².